The minimum atomic E-state index is -1.16. The molecular formula is C92H122N10O12. The van der Waals surface area contributed by atoms with Crippen LogP contribution in [0.15, 0.2) is 217 Å². The number of carboxylic acids is 1. The van der Waals surface area contributed by atoms with Gasteiger partial charge in [0.25, 0.3) is 17.7 Å². The van der Waals surface area contributed by atoms with Gasteiger partial charge in [0.05, 0.1) is 69.7 Å². The summed E-state index contributed by atoms with van der Waals surface area (Å²) >= 11 is 0. The smallest absolute Gasteiger partial charge is 0.310 e. The highest BCUT2D eigenvalue weighted by Gasteiger charge is 2.42. The van der Waals surface area contributed by atoms with Crippen molar-refractivity contribution in [2.24, 2.45) is 79.7 Å². The number of carbonyl (C=O) groups is 9. The van der Waals surface area contributed by atoms with E-state index in [4.69, 9.17) is 30.9 Å². The second kappa shape index (κ2) is 44.8. The van der Waals surface area contributed by atoms with Gasteiger partial charge in [-0.1, -0.05) is 227 Å². The molecule has 3 aliphatic rings. The molecular weight excluding hydrogens is 1440 g/mol. The van der Waals surface area contributed by atoms with Gasteiger partial charge in [0.2, 0.25) is 30.1 Å². The van der Waals surface area contributed by atoms with E-state index in [1.165, 1.54) is 9.80 Å². The highest BCUT2D eigenvalue weighted by molar-refractivity contribution is 6.22. The summed E-state index contributed by atoms with van der Waals surface area (Å²) in [6.45, 7) is 37.6. The van der Waals surface area contributed by atoms with Gasteiger partial charge in [-0.25, -0.2) is 9.98 Å². The molecule has 3 heterocycles. The van der Waals surface area contributed by atoms with E-state index < -0.39 is 101 Å². The molecule has 9 rings (SSSR count). The molecule has 0 bridgehead atoms. The molecule has 6 aromatic rings. The summed E-state index contributed by atoms with van der Waals surface area (Å²) in [5, 5.41) is 15.0. The monoisotopic (exact) mass is 1560 g/mol. The lowest BCUT2D eigenvalue weighted by Gasteiger charge is -2.30. The first-order valence-corrected chi connectivity index (χ1v) is 38.6. The molecule has 9 atom stereocenters. The highest BCUT2D eigenvalue weighted by Crippen LogP contribution is 2.34. The van der Waals surface area contributed by atoms with Crippen LogP contribution in [0.25, 0.3) is 0 Å². The number of benzene rings is 6. The Hall–Kier alpha value is -11.3. The lowest BCUT2D eigenvalue weighted by atomic mass is 9.82. The van der Waals surface area contributed by atoms with Crippen LogP contribution in [0.1, 0.15) is 176 Å². The number of primary amides is 1. The van der Waals surface area contributed by atoms with Gasteiger partial charge in [0.1, 0.15) is 11.2 Å². The molecule has 7 N–H and O–H groups in total. The number of aliphatic carboxylic acids is 1. The molecule has 0 fully saturated rings. The number of benzodiazepines with no additional fused rings is 3. The molecule has 0 saturated carbocycles. The average molecular weight is 1560 g/mol. The van der Waals surface area contributed by atoms with Gasteiger partial charge < -0.3 is 51.4 Å². The van der Waals surface area contributed by atoms with Crippen molar-refractivity contribution in [2.75, 3.05) is 35.8 Å². The average Bonchev–Trinajstić information content (AvgIpc) is 1.66. The fourth-order valence-corrected chi connectivity index (χ4v) is 13.2. The third-order valence-corrected chi connectivity index (χ3v) is 18.4. The second-order valence-corrected chi connectivity index (χ2v) is 30.9. The van der Waals surface area contributed by atoms with Crippen LogP contribution in [0.3, 0.4) is 0 Å². The first-order chi connectivity index (χ1) is 53.4. The fraction of sp³-hybridized carbons (Fsp3) is 0.413. The van der Waals surface area contributed by atoms with Gasteiger partial charge in [0.15, 0.2) is 6.17 Å². The normalized spacial score (nSPS) is 16.6. The lowest BCUT2D eigenvalue weighted by Crippen LogP contribution is -2.50. The molecule has 22 heteroatoms. The predicted octanol–water partition coefficient (Wildman–Crippen LogP) is 15.1. The third-order valence-electron chi connectivity index (χ3n) is 18.4. The molecule has 0 saturated heterocycles. The number of esters is 2. The number of nitrogens with zero attached hydrogens (tertiary/aromatic N) is 6. The number of fused-ring (bicyclic) bond motifs is 3. The van der Waals surface area contributed by atoms with Gasteiger partial charge in [-0.2, -0.15) is 0 Å². The van der Waals surface area contributed by atoms with Gasteiger partial charge in [-0.3, -0.25) is 48.1 Å². The van der Waals surface area contributed by atoms with Crippen LogP contribution in [0.2, 0.25) is 0 Å². The molecule has 0 aliphatic carbocycles. The Kier molecular flexibility index (Phi) is 37.4. The Morgan fingerprint density at radius 2 is 0.719 bits per heavy atom. The molecule has 114 heavy (non-hydrogen) atoms. The Morgan fingerprint density at radius 3 is 1.02 bits per heavy atom. The topological polar surface area (TPSA) is 315 Å². The van der Waals surface area contributed by atoms with Crippen molar-refractivity contribution in [2.45, 2.75) is 173 Å². The number of carbonyl (C=O) groups excluding carboxylic acids is 8. The number of anilines is 3. The zero-order valence-electron chi connectivity index (χ0n) is 68.9. The fourth-order valence-electron chi connectivity index (χ4n) is 13.2. The predicted molar refractivity (Wildman–Crippen MR) is 458 cm³/mol. The van der Waals surface area contributed by atoms with E-state index in [2.05, 4.69) is 35.4 Å². The summed E-state index contributed by atoms with van der Waals surface area (Å²) in [5.41, 5.74) is 19.5. The first-order valence-electron chi connectivity index (χ1n) is 38.6. The minimum Gasteiger partial charge on any atom is -0.481 e. The third kappa shape index (κ3) is 27.0. The number of ether oxygens (including phenoxy) is 2. The van der Waals surface area contributed by atoms with Gasteiger partial charge >= 0.3 is 17.9 Å². The summed E-state index contributed by atoms with van der Waals surface area (Å²) in [5.74, 6) is -7.99. The van der Waals surface area contributed by atoms with Crippen molar-refractivity contribution in [1.82, 2.24) is 10.6 Å². The standard InChI is InChI=1S/C31H39N3O4.C27H32N4O3.C16H15N3O.C15H26O4.C2H6.CH4/c1-8-14-22(30(37)38-31(4,5)6)24(19-20(2)3)28(35)33-27-29(36)34(7)25-18-13-12-17-23(25)26(32-27)21-15-10-9-11-16-21;1-5-11-19(24(28)32)21(16-17(2)3)26(33)30-25-27(34)31(4)22-15-10-9-14-20(22)23(29-25)18-12-7-6-8-13-18;1-19-13-10-6-5-9-12(13)14(18-15(17)16(19)20)11-7-3-2-4-8-11;1-7-8-11(14(18)19-15(4,5)6)12(13(16)17)9-10(2)3;1-2;/h8-13,15-18,20,22,24,27H,1,14,19H2,2-7H3,(H,33,35);5-10,12-15,17,19,21,25H,1,11,16H2,2-4H3,(H2,28,32)(H,30,33);2-10,15H,17H2,1H3;7,10-12H,1,8-9H2,2-6H3,(H,16,17);1-2H3;1H4/t22-,24+,27?;19-,21+,25?;;11-,12+;;/m00.0../s1. The number of rotatable bonds is 26. The van der Waals surface area contributed by atoms with Crippen molar-refractivity contribution in [1.29, 1.82) is 0 Å². The minimum absolute atomic E-state index is 0. The maximum atomic E-state index is 13.8. The summed E-state index contributed by atoms with van der Waals surface area (Å²) < 4.78 is 11.0. The van der Waals surface area contributed by atoms with Crippen LogP contribution in [0.4, 0.5) is 17.1 Å². The zero-order valence-corrected chi connectivity index (χ0v) is 68.9. The Morgan fingerprint density at radius 1 is 0.447 bits per heavy atom. The van der Waals surface area contributed by atoms with Crippen molar-refractivity contribution >= 4 is 87.5 Å². The lowest BCUT2D eigenvalue weighted by molar-refractivity contribution is -0.167. The van der Waals surface area contributed by atoms with Crippen LogP contribution in [-0.4, -0.2) is 126 Å². The summed E-state index contributed by atoms with van der Waals surface area (Å²) in [7, 11) is 5.07. The molecule has 6 aromatic carbocycles. The van der Waals surface area contributed by atoms with E-state index >= 15 is 0 Å². The van der Waals surface area contributed by atoms with E-state index in [0.717, 1.165) is 44.8 Å². The van der Waals surface area contributed by atoms with Gasteiger partial charge in [-0.15, -0.1) is 19.7 Å². The molecule has 0 radical (unpaired) electrons. The van der Waals surface area contributed by atoms with Crippen molar-refractivity contribution in [3.63, 3.8) is 0 Å². The Bertz CT molecular complexity index is 4350. The summed E-state index contributed by atoms with van der Waals surface area (Å²) in [4.78, 5) is 134. The SMILES string of the molecule is C.C=CC[C@H](C(=O)OC(C)(C)C)[C@@H](CC(C)C)C(=O)NC1N=C(c2ccccc2)c2ccccc2N(C)C1=O.C=CC[C@H](C(=O)OC(C)(C)C)[C@@H](CC(C)C)C(=O)O.C=CC[C@H](C(N)=O)[C@@H](CC(C)C)C(=O)NC1N=C(c2ccccc2)c2ccccc2N(C)C1=O.CC.CN1C(=O)C(N)N=C(c2ccccc2)c2ccccc21. The van der Waals surface area contributed by atoms with Crippen LogP contribution >= 0.6 is 0 Å². The number of aliphatic imine (C=N–C) groups is 3. The largest absolute Gasteiger partial charge is 0.481 e. The molecule has 612 valence electrons. The van der Waals surface area contributed by atoms with Crippen LogP contribution in [0, 0.1) is 53.3 Å². The number of carboxylic acid groups (broad SMARTS) is 1. The van der Waals surface area contributed by atoms with Crippen LogP contribution in [0.5, 0.6) is 0 Å². The number of nitrogens with one attached hydrogen (secondary N) is 2. The number of allylic oxidation sites excluding steroid dienone is 3. The van der Waals surface area contributed by atoms with Gasteiger partial charge in [-0.05, 0) is 116 Å². The number of nitrogens with two attached hydrogens (primary N) is 2. The van der Waals surface area contributed by atoms with Crippen LogP contribution < -0.4 is 36.8 Å². The highest BCUT2D eigenvalue weighted by atomic mass is 16.6. The van der Waals surface area contributed by atoms with E-state index in [-0.39, 0.29) is 55.7 Å². The van der Waals surface area contributed by atoms with E-state index in [1.807, 2.05) is 219 Å². The number of hydrogen-bond donors (Lipinski definition) is 5. The number of para-hydroxylation sites is 3. The zero-order chi connectivity index (χ0) is 84.2. The van der Waals surface area contributed by atoms with Crippen LogP contribution in [-0.2, 0) is 52.6 Å². The summed E-state index contributed by atoms with van der Waals surface area (Å²) in [6, 6.07) is 51.6. The molecule has 22 nitrogen and oxygen atoms in total. The molecule has 3 unspecified atom stereocenters. The molecule has 3 aliphatic heterocycles. The van der Waals surface area contributed by atoms with E-state index in [1.54, 1.807) is 85.8 Å². The van der Waals surface area contributed by atoms with E-state index in [9.17, 15) is 48.3 Å². The van der Waals surface area contributed by atoms with Gasteiger partial charge in [0, 0.05) is 54.5 Å². The van der Waals surface area contributed by atoms with Crippen molar-refractivity contribution in [3.8, 4) is 0 Å². The number of hydrogen-bond acceptors (Lipinski definition) is 15. The maximum Gasteiger partial charge on any atom is 0.310 e. The number of amides is 6. The Labute approximate surface area is 675 Å². The Balaban J connectivity index is 0.000000330. The first kappa shape index (κ1) is 95.1. The molecule has 0 spiro atoms. The quantitative estimate of drug-likeness (QED) is 0.0249. The van der Waals surface area contributed by atoms with E-state index in [0.29, 0.717) is 48.5 Å². The molecule has 6 amide bonds. The molecule has 0 aromatic heterocycles. The second-order valence-electron chi connectivity index (χ2n) is 30.9. The van der Waals surface area contributed by atoms with Crippen molar-refractivity contribution in [3.05, 3.63) is 235 Å². The summed E-state index contributed by atoms with van der Waals surface area (Å²) in [6.07, 6.45) is 3.82. The number of likely N-dealkylation sites (N-methyl/N-ethyl adjacent to an activating group) is 3. The maximum absolute atomic E-state index is 13.8. The van der Waals surface area contributed by atoms with Crippen molar-refractivity contribution < 1.29 is 57.7 Å².